The van der Waals surface area contributed by atoms with Crippen molar-refractivity contribution in [3.05, 3.63) is 0 Å². The smallest absolute Gasteiger partial charge is 0.0203 e. The molecule has 1 N–H and O–H groups in total. The molecular formula is C14H27NS. The molecule has 0 aromatic rings. The van der Waals surface area contributed by atoms with E-state index in [9.17, 15) is 0 Å². The van der Waals surface area contributed by atoms with Gasteiger partial charge in [-0.05, 0) is 32.7 Å². The summed E-state index contributed by atoms with van der Waals surface area (Å²) >= 11 is 2.32. The Kier molecular flexibility index (Phi) is 5.51. The predicted octanol–water partition coefficient (Wildman–Crippen LogP) is 3.97. The molecule has 0 spiro atoms. The van der Waals surface area contributed by atoms with Crippen LogP contribution in [0.1, 0.15) is 64.2 Å². The van der Waals surface area contributed by atoms with Crippen LogP contribution in [0, 0.1) is 0 Å². The van der Waals surface area contributed by atoms with Gasteiger partial charge in [0.15, 0.2) is 0 Å². The van der Waals surface area contributed by atoms with E-state index < -0.39 is 0 Å². The van der Waals surface area contributed by atoms with Gasteiger partial charge >= 0.3 is 0 Å². The van der Waals surface area contributed by atoms with Crippen LogP contribution in [-0.4, -0.2) is 23.6 Å². The van der Waals surface area contributed by atoms with E-state index in [2.05, 4.69) is 24.1 Å². The van der Waals surface area contributed by atoms with Crippen LogP contribution < -0.4 is 5.32 Å². The molecule has 1 nitrogen and oxygen atoms in total. The van der Waals surface area contributed by atoms with E-state index in [1.807, 2.05) is 0 Å². The molecule has 0 aromatic carbocycles. The molecule has 0 amide bonds. The Hall–Kier alpha value is 0.310. The van der Waals surface area contributed by atoms with Gasteiger partial charge in [-0.1, -0.05) is 38.5 Å². The van der Waals surface area contributed by atoms with Crippen molar-refractivity contribution in [2.45, 2.75) is 80.7 Å². The summed E-state index contributed by atoms with van der Waals surface area (Å²) in [5.74, 6) is 0. The van der Waals surface area contributed by atoms with Crippen LogP contribution in [0.5, 0.6) is 0 Å². The first-order valence-corrected chi connectivity index (χ1v) is 8.17. The van der Waals surface area contributed by atoms with Crippen LogP contribution >= 0.6 is 11.8 Å². The summed E-state index contributed by atoms with van der Waals surface area (Å²) in [6.07, 6.45) is 14.6. The number of hydrogen-bond acceptors (Lipinski definition) is 2. The summed E-state index contributed by atoms with van der Waals surface area (Å²) < 4.78 is 0. The maximum absolute atomic E-state index is 3.57. The van der Waals surface area contributed by atoms with Crippen molar-refractivity contribution in [3.63, 3.8) is 0 Å². The van der Waals surface area contributed by atoms with Gasteiger partial charge in [0.05, 0.1) is 0 Å². The van der Waals surface area contributed by atoms with Gasteiger partial charge in [0.1, 0.15) is 0 Å². The lowest BCUT2D eigenvalue weighted by Crippen LogP contribution is -2.37. The minimum atomic E-state index is 0.783. The van der Waals surface area contributed by atoms with E-state index in [-0.39, 0.29) is 0 Å². The van der Waals surface area contributed by atoms with Gasteiger partial charge in [0.25, 0.3) is 0 Å². The molecule has 2 unspecified atom stereocenters. The lowest BCUT2D eigenvalue weighted by molar-refractivity contribution is 0.419. The Morgan fingerprint density at radius 2 is 1.44 bits per heavy atom. The third-order valence-corrected chi connectivity index (χ3v) is 6.01. The minimum absolute atomic E-state index is 0.783. The Morgan fingerprint density at radius 1 is 0.812 bits per heavy atom. The zero-order valence-electron chi connectivity index (χ0n) is 10.7. The van der Waals surface area contributed by atoms with Gasteiger partial charge in [0, 0.05) is 16.5 Å². The summed E-state index contributed by atoms with van der Waals surface area (Å²) in [6, 6.07) is 0.783. The Morgan fingerprint density at radius 3 is 2.12 bits per heavy atom. The lowest BCUT2D eigenvalue weighted by atomic mass is 9.96. The van der Waals surface area contributed by atoms with Crippen LogP contribution in [0.3, 0.4) is 0 Å². The van der Waals surface area contributed by atoms with Crippen molar-refractivity contribution in [3.8, 4) is 0 Å². The molecule has 94 valence electrons. The third-order valence-electron chi connectivity index (χ3n) is 4.24. The van der Waals surface area contributed by atoms with Crippen LogP contribution in [-0.2, 0) is 0 Å². The van der Waals surface area contributed by atoms with E-state index in [1.165, 1.54) is 64.2 Å². The molecule has 2 fully saturated rings. The second-order valence-corrected chi connectivity index (χ2v) is 7.01. The minimum Gasteiger partial charge on any atom is -0.316 e. The highest BCUT2D eigenvalue weighted by molar-refractivity contribution is 8.00. The zero-order chi connectivity index (χ0) is 11.2. The van der Waals surface area contributed by atoms with Crippen LogP contribution in [0.25, 0.3) is 0 Å². The largest absolute Gasteiger partial charge is 0.316 e. The summed E-state index contributed by atoms with van der Waals surface area (Å²) in [5.41, 5.74) is 0. The summed E-state index contributed by atoms with van der Waals surface area (Å²) in [4.78, 5) is 0. The summed E-state index contributed by atoms with van der Waals surface area (Å²) in [6.45, 7) is 0. The van der Waals surface area contributed by atoms with Crippen molar-refractivity contribution in [1.82, 2.24) is 5.32 Å². The second kappa shape index (κ2) is 6.90. The maximum atomic E-state index is 3.57. The fourth-order valence-electron chi connectivity index (χ4n) is 3.22. The molecule has 2 saturated carbocycles. The SMILES string of the molecule is CNC1CCCCCCC1SC1CCCC1. The van der Waals surface area contributed by atoms with Crippen molar-refractivity contribution in [1.29, 1.82) is 0 Å². The standard InChI is InChI=1S/C14H27NS/c1-15-13-10-4-2-3-5-11-14(13)16-12-8-6-7-9-12/h12-15H,2-11H2,1H3. The average molecular weight is 241 g/mol. The molecule has 0 bridgehead atoms. The molecule has 2 aliphatic rings. The maximum Gasteiger partial charge on any atom is 0.0203 e. The van der Waals surface area contributed by atoms with E-state index in [4.69, 9.17) is 0 Å². The highest BCUT2D eigenvalue weighted by atomic mass is 32.2. The monoisotopic (exact) mass is 241 g/mol. The van der Waals surface area contributed by atoms with E-state index in [0.29, 0.717) is 0 Å². The number of thioether (sulfide) groups is 1. The first-order chi connectivity index (χ1) is 7.90. The molecule has 0 aliphatic heterocycles. The number of rotatable bonds is 3. The predicted molar refractivity (Wildman–Crippen MR) is 74.2 cm³/mol. The highest BCUT2D eigenvalue weighted by Crippen LogP contribution is 2.36. The molecule has 2 aliphatic carbocycles. The van der Waals surface area contributed by atoms with Gasteiger partial charge in [-0.25, -0.2) is 0 Å². The van der Waals surface area contributed by atoms with Crippen molar-refractivity contribution >= 4 is 11.8 Å². The molecule has 0 saturated heterocycles. The third kappa shape index (κ3) is 3.66. The van der Waals surface area contributed by atoms with Gasteiger partial charge < -0.3 is 5.32 Å². The molecule has 0 heterocycles. The lowest BCUT2D eigenvalue weighted by Gasteiger charge is -2.30. The van der Waals surface area contributed by atoms with Crippen molar-refractivity contribution in [2.24, 2.45) is 0 Å². The quantitative estimate of drug-likeness (QED) is 0.802. The topological polar surface area (TPSA) is 12.0 Å². The Bertz CT molecular complexity index is 189. The zero-order valence-corrected chi connectivity index (χ0v) is 11.5. The Balaban J connectivity index is 1.85. The Labute approximate surface area is 105 Å². The van der Waals surface area contributed by atoms with Gasteiger partial charge in [-0.2, -0.15) is 11.8 Å². The van der Waals surface area contributed by atoms with E-state index in [0.717, 1.165) is 16.5 Å². The molecule has 2 atom stereocenters. The molecule has 2 heteroatoms. The first kappa shape index (κ1) is 12.8. The van der Waals surface area contributed by atoms with E-state index >= 15 is 0 Å². The normalized spacial score (nSPS) is 33.6. The average Bonchev–Trinajstić information content (AvgIpc) is 2.75. The van der Waals surface area contributed by atoms with Crippen molar-refractivity contribution < 1.29 is 0 Å². The molecule has 16 heavy (non-hydrogen) atoms. The van der Waals surface area contributed by atoms with Crippen LogP contribution in [0.15, 0.2) is 0 Å². The van der Waals surface area contributed by atoms with Crippen LogP contribution in [0.4, 0.5) is 0 Å². The highest BCUT2D eigenvalue weighted by Gasteiger charge is 2.26. The fraction of sp³-hybridized carbons (Fsp3) is 1.00. The number of hydrogen-bond donors (Lipinski definition) is 1. The molecular weight excluding hydrogens is 214 g/mol. The summed E-state index contributed by atoms with van der Waals surface area (Å²) in [7, 11) is 2.16. The molecule has 0 radical (unpaired) electrons. The van der Waals surface area contributed by atoms with Crippen molar-refractivity contribution in [2.75, 3.05) is 7.05 Å². The fourth-order valence-corrected chi connectivity index (χ4v) is 5.08. The molecule has 2 rings (SSSR count). The summed E-state index contributed by atoms with van der Waals surface area (Å²) in [5, 5.41) is 5.46. The van der Waals surface area contributed by atoms with Gasteiger partial charge in [-0.15, -0.1) is 0 Å². The van der Waals surface area contributed by atoms with Gasteiger partial charge in [0.2, 0.25) is 0 Å². The first-order valence-electron chi connectivity index (χ1n) is 7.23. The van der Waals surface area contributed by atoms with Crippen LogP contribution in [0.2, 0.25) is 0 Å². The van der Waals surface area contributed by atoms with E-state index in [1.54, 1.807) is 0 Å². The molecule has 0 aromatic heterocycles. The number of nitrogens with one attached hydrogen (secondary N) is 1. The van der Waals surface area contributed by atoms with Gasteiger partial charge in [-0.3, -0.25) is 0 Å². The second-order valence-electron chi connectivity index (χ2n) is 5.47.